The molecule has 150 valence electrons. The quantitative estimate of drug-likeness (QED) is 0.247. The van der Waals surface area contributed by atoms with Gasteiger partial charge in [-0.15, -0.1) is 11.8 Å². The van der Waals surface area contributed by atoms with Crippen LogP contribution in [-0.2, 0) is 4.74 Å². The van der Waals surface area contributed by atoms with Crippen molar-refractivity contribution >= 4 is 52.3 Å². The first-order valence-electron chi connectivity index (χ1n) is 8.82. The van der Waals surface area contributed by atoms with Crippen LogP contribution in [0.25, 0.3) is 0 Å². The second kappa shape index (κ2) is 11.8. The Kier molecular flexibility index (Phi) is 9.40. The Bertz CT molecular complexity index is 801. The minimum Gasteiger partial charge on any atom is -0.497 e. The Morgan fingerprint density at radius 1 is 1.21 bits per heavy atom. The van der Waals surface area contributed by atoms with Crippen molar-refractivity contribution in [3.8, 4) is 5.75 Å². The van der Waals surface area contributed by atoms with Gasteiger partial charge < -0.3 is 20.1 Å². The van der Waals surface area contributed by atoms with Crippen LogP contribution in [0.2, 0.25) is 5.02 Å². The van der Waals surface area contributed by atoms with Gasteiger partial charge >= 0.3 is 5.97 Å². The van der Waals surface area contributed by atoms with Gasteiger partial charge in [0.1, 0.15) is 5.75 Å². The van der Waals surface area contributed by atoms with E-state index >= 15 is 0 Å². The lowest BCUT2D eigenvalue weighted by Crippen LogP contribution is -2.29. The number of nitrogens with one attached hydrogen (secondary N) is 2. The summed E-state index contributed by atoms with van der Waals surface area (Å²) >= 11 is 13.2. The molecule has 2 N–H and O–H groups in total. The molecule has 0 amide bonds. The van der Waals surface area contributed by atoms with Gasteiger partial charge in [0, 0.05) is 17.1 Å². The highest BCUT2D eigenvalue weighted by Gasteiger charge is 2.12. The highest BCUT2D eigenvalue weighted by atomic mass is 35.5. The van der Waals surface area contributed by atoms with E-state index < -0.39 is 5.97 Å². The summed E-state index contributed by atoms with van der Waals surface area (Å²) in [6.07, 6.45) is 0.959. The molecule has 2 aromatic rings. The summed E-state index contributed by atoms with van der Waals surface area (Å²) in [5.41, 5.74) is 1.05. The zero-order valence-electron chi connectivity index (χ0n) is 15.8. The third-order valence-electron chi connectivity index (χ3n) is 3.66. The predicted octanol–water partition coefficient (Wildman–Crippen LogP) is 4.99. The van der Waals surface area contributed by atoms with Gasteiger partial charge in [0.15, 0.2) is 5.11 Å². The number of thiocarbonyl (C=S) groups is 1. The molecule has 0 saturated carbocycles. The molecule has 0 atom stereocenters. The van der Waals surface area contributed by atoms with Crippen molar-refractivity contribution in [2.24, 2.45) is 0 Å². The van der Waals surface area contributed by atoms with E-state index in [0.717, 1.165) is 24.5 Å². The third-order valence-corrected chi connectivity index (χ3v) is 5.31. The number of carbonyl (C=O) groups excluding carboxylic acids is 1. The average Bonchev–Trinajstić information content (AvgIpc) is 2.68. The number of benzene rings is 2. The van der Waals surface area contributed by atoms with Crippen LogP contribution in [0.3, 0.4) is 0 Å². The van der Waals surface area contributed by atoms with Crippen LogP contribution in [0.5, 0.6) is 5.75 Å². The molecule has 0 spiro atoms. The largest absolute Gasteiger partial charge is 0.497 e. The molecule has 0 aliphatic heterocycles. The fraction of sp³-hybridized carbons (Fsp3) is 0.300. The van der Waals surface area contributed by atoms with Crippen LogP contribution >= 0.6 is 35.6 Å². The second-order valence-electron chi connectivity index (χ2n) is 5.67. The zero-order valence-corrected chi connectivity index (χ0v) is 18.2. The summed E-state index contributed by atoms with van der Waals surface area (Å²) < 4.78 is 10.1. The molecule has 5 nitrogen and oxygen atoms in total. The molecule has 0 fully saturated rings. The van der Waals surface area contributed by atoms with E-state index in [1.165, 1.54) is 4.90 Å². The Labute approximate surface area is 180 Å². The molecule has 0 saturated heterocycles. The molecule has 2 rings (SSSR count). The van der Waals surface area contributed by atoms with Crippen molar-refractivity contribution in [2.45, 2.75) is 18.2 Å². The van der Waals surface area contributed by atoms with Crippen molar-refractivity contribution < 1.29 is 14.3 Å². The fourth-order valence-corrected chi connectivity index (χ4v) is 3.61. The maximum Gasteiger partial charge on any atom is 0.339 e. The second-order valence-corrected chi connectivity index (χ2v) is 7.66. The molecule has 0 radical (unpaired) electrons. The topological polar surface area (TPSA) is 59.6 Å². The number of esters is 1. The van der Waals surface area contributed by atoms with Crippen molar-refractivity contribution in [1.29, 1.82) is 0 Å². The molecule has 28 heavy (non-hydrogen) atoms. The van der Waals surface area contributed by atoms with Crippen LogP contribution in [-0.4, -0.2) is 37.1 Å². The Hall–Kier alpha value is -1.96. The summed E-state index contributed by atoms with van der Waals surface area (Å²) in [5, 5.41) is 7.06. The average molecular weight is 439 g/mol. The summed E-state index contributed by atoms with van der Waals surface area (Å²) in [7, 11) is 1.66. The minimum atomic E-state index is -0.436. The van der Waals surface area contributed by atoms with Gasteiger partial charge in [-0.25, -0.2) is 4.79 Å². The zero-order chi connectivity index (χ0) is 20.4. The number of carbonyl (C=O) groups is 1. The number of thioether (sulfide) groups is 1. The highest BCUT2D eigenvalue weighted by molar-refractivity contribution is 7.99. The SMILES string of the molecule is CCOC(=O)c1ccc(NC(=S)NCCCSc2ccc(OC)cc2)cc1Cl. The summed E-state index contributed by atoms with van der Waals surface area (Å²) in [4.78, 5) is 13.0. The van der Waals surface area contributed by atoms with E-state index in [2.05, 4.69) is 10.6 Å². The van der Waals surface area contributed by atoms with Gasteiger partial charge in [0.2, 0.25) is 0 Å². The molecule has 2 aromatic carbocycles. The van der Waals surface area contributed by atoms with Crippen LogP contribution in [0, 0.1) is 0 Å². The van der Waals surface area contributed by atoms with Gasteiger partial charge in [-0.1, -0.05) is 11.6 Å². The van der Waals surface area contributed by atoms with E-state index in [1.54, 1.807) is 44.0 Å². The standard InChI is InChI=1S/C20H23ClN2O3S2/c1-3-26-19(24)17-10-5-14(13-18(17)21)23-20(27)22-11-4-12-28-16-8-6-15(25-2)7-9-16/h5-10,13H,3-4,11-12H2,1-2H3,(H2,22,23,27). The lowest BCUT2D eigenvalue weighted by Gasteiger charge is -2.12. The molecular weight excluding hydrogens is 416 g/mol. The van der Waals surface area contributed by atoms with Crippen molar-refractivity contribution in [3.63, 3.8) is 0 Å². The van der Waals surface area contributed by atoms with Gasteiger partial charge in [-0.3, -0.25) is 0 Å². The van der Waals surface area contributed by atoms with Gasteiger partial charge in [-0.2, -0.15) is 0 Å². The smallest absolute Gasteiger partial charge is 0.339 e. The normalized spacial score (nSPS) is 10.2. The summed E-state index contributed by atoms with van der Waals surface area (Å²) in [5.74, 6) is 1.40. The number of ether oxygens (including phenoxy) is 2. The molecule has 0 aliphatic rings. The van der Waals surface area contributed by atoms with Crippen molar-refractivity contribution in [1.82, 2.24) is 5.32 Å². The minimum absolute atomic E-state index is 0.305. The van der Waals surface area contributed by atoms with E-state index in [-0.39, 0.29) is 0 Å². The van der Waals surface area contributed by atoms with E-state index in [9.17, 15) is 4.79 Å². The molecule has 8 heteroatoms. The van der Waals surface area contributed by atoms with Gasteiger partial charge in [0.05, 0.1) is 24.3 Å². The highest BCUT2D eigenvalue weighted by Crippen LogP contribution is 2.23. The van der Waals surface area contributed by atoms with Crippen LogP contribution in [0.4, 0.5) is 5.69 Å². The predicted molar refractivity (Wildman–Crippen MR) is 120 cm³/mol. The Morgan fingerprint density at radius 2 is 1.96 bits per heavy atom. The third kappa shape index (κ3) is 7.22. The summed E-state index contributed by atoms with van der Waals surface area (Å²) in [6.45, 7) is 2.81. The first-order chi connectivity index (χ1) is 13.5. The number of hydrogen-bond donors (Lipinski definition) is 2. The van der Waals surface area contributed by atoms with E-state index in [0.29, 0.717) is 28.0 Å². The van der Waals surface area contributed by atoms with Crippen LogP contribution < -0.4 is 15.4 Å². The van der Waals surface area contributed by atoms with Crippen molar-refractivity contribution in [3.05, 3.63) is 53.1 Å². The lowest BCUT2D eigenvalue weighted by atomic mass is 10.2. The summed E-state index contributed by atoms with van der Waals surface area (Å²) in [6, 6.07) is 13.0. The number of anilines is 1. The molecule has 0 bridgehead atoms. The lowest BCUT2D eigenvalue weighted by molar-refractivity contribution is 0.0526. The molecule has 0 aromatic heterocycles. The van der Waals surface area contributed by atoms with Crippen LogP contribution in [0.1, 0.15) is 23.7 Å². The fourth-order valence-electron chi connectivity index (χ4n) is 2.28. The maximum absolute atomic E-state index is 11.8. The maximum atomic E-state index is 11.8. The first-order valence-corrected chi connectivity index (χ1v) is 10.6. The Balaban J connectivity index is 1.70. The number of rotatable bonds is 9. The number of methoxy groups -OCH3 is 1. The van der Waals surface area contributed by atoms with E-state index in [4.69, 9.17) is 33.3 Å². The van der Waals surface area contributed by atoms with Gasteiger partial charge in [-0.05, 0) is 73.8 Å². The van der Waals surface area contributed by atoms with Crippen LogP contribution in [0.15, 0.2) is 47.4 Å². The van der Waals surface area contributed by atoms with Crippen molar-refractivity contribution in [2.75, 3.05) is 31.3 Å². The molecule has 0 heterocycles. The van der Waals surface area contributed by atoms with Gasteiger partial charge in [0.25, 0.3) is 0 Å². The Morgan fingerprint density at radius 3 is 2.61 bits per heavy atom. The van der Waals surface area contributed by atoms with E-state index in [1.807, 2.05) is 24.3 Å². The molecule has 0 unspecified atom stereocenters. The molecular formula is C20H23ClN2O3S2. The monoisotopic (exact) mass is 438 g/mol. The first kappa shape index (κ1) is 22.3. The number of halogens is 1. The molecule has 0 aliphatic carbocycles. The number of hydrogen-bond acceptors (Lipinski definition) is 5.